The van der Waals surface area contributed by atoms with Gasteiger partial charge >= 0.3 is 0 Å². The van der Waals surface area contributed by atoms with Crippen molar-refractivity contribution < 1.29 is 0 Å². The molecule has 0 radical (unpaired) electrons. The second-order valence-corrected chi connectivity index (χ2v) is 9.12. The number of fused-ring (bicyclic) bond motifs is 1. The van der Waals surface area contributed by atoms with Crippen LogP contribution in [0.1, 0.15) is 25.0 Å². The van der Waals surface area contributed by atoms with Crippen molar-refractivity contribution in [2.45, 2.75) is 13.8 Å². The Hall–Kier alpha value is -3.37. The lowest BCUT2D eigenvalue weighted by molar-refractivity contribution is 0.215. The number of aromatic nitrogens is 1. The zero-order valence-electron chi connectivity index (χ0n) is 20.2. The smallest absolute Gasteiger partial charge is 0.0731 e. The van der Waals surface area contributed by atoms with Gasteiger partial charge in [0.05, 0.1) is 16.2 Å². The minimum atomic E-state index is 0.701. The third-order valence-electron chi connectivity index (χ3n) is 6.40. The Morgan fingerprint density at radius 2 is 1.59 bits per heavy atom. The van der Waals surface area contributed by atoms with Crippen LogP contribution in [-0.4, -0.2) is 54.2 Å². The molecule has 0 amide bonds. The lowest BCUT2D eigenvalue weighted by atomic mass is 10.0. The van der Waals surface area contributed by atoms with Crippen LogP contribution in [0.5, 0.6) is 0 Å². The highest BCUT2D eigenvalue weighted by atomic mass is 35.5. The standard InChI is InChI=1S/C29H31ClN4/c1-20(2)33-14-16-34(17-15-33)22(4)25-10-11-26-27(30)19-28(32-29(26)18-25)24-8-6-23(7-9-24)21(3)12-13-31-5/h6-13,18-19H,1,4,14-17H2,2-3,5H3/b21-12+,31-13?. The van der Waals surface area contributed by atoms with Gasteiger partial charge in [0, 0.05) is 61.8 Å². The third kappa shape index (κ3) is 5.07. The number of hydrogen-bond acceptors (Lipinski definition) is 4. The molecular formula is C29H31ClN4. The van der Waals surface area contributed by atoms with E-state index in [0.29, 0.717) is 5.02 Å². The van der Waals surface area contributed by atoms with E-state index in [1.165, 1.54) is 0 Å². The molecule has 3 aromatic rings. The van der Waals surface area contributed by atoms with E-state index >= 15 is 0 Å². The summed E-state index contributed by atoms with van der Waals surface area (Å²) in [5.41, 5.74) is 8.30. The summed E-state index contributed by atoms with van der Waals surface area (Å²) >= 11 is 6.67. The van der Waals surface area contributed by atoms with Crippen molar-refractivity contribution >= 4 is 40.0 Å². The molecule has 0 atom stereocenters. The Morgan fingerprint density at radius 1 is 0.941 bits per heavy atom. The van der Waals surface area contributed by atoms with Crippen molar-refractivity contribution in [3.63, 3.8) is 0 Å². The highest BCUT2D eigenvalue weighted by Crippen LogP contribution is 2.31. The van der Waals surface area contributed by atoms with E-state index in [0.717, 1.165) is 76.4 Å². The van der Waals surface area contributed by atoms with Gasteiger partial charge in [0.2, 0.25) is 0 Å². The maximum atomic E-state index is 6.67. The van der Waals surface area contributed by atoms with Crippen LogP contribution >= 0.6 is 11.6 Å². The van der Waals surface area contributed by atoms with E-state index in [4.69, 9.17) is 16.6 Å². The number of nitrogens with zero attached hydrogens (tertiary/aromatic N) is 4. The van der Waals surface area contributed by atoms with Gasteiger partial charge in [0.15, 0.2) is 0 Å². The Bertz CT molecular complexity index is 1280. The van der Waals surface area contributed by atoms with Crippen molar-refractivity contribution in [2.75, 3.05) is 33.2 Å². The molecule has 2 heterocycles. The van der Waals surface area contributed by atoms with Gasteiger partial charge < -0.3 is 9.80 Å². The van der Waals surface area contributed by atoms with Gasteiger partial charge in [0.25, 0.3) is 0 Å². The molecule has 0 N–H and O–H groups in total. The number of hydrogen-bond donors (Lipinski definition) is 0. The molecule has 0 bridgehead atoms. The molecule has 4 nitrogen and oxygen atoms in total. The lowest BCUT2D eigenvalue weighted by Gasteiger charge is -2.38. The number of halogens is 1. The van der Waals surface area contributed by atoms with E-state index in [9.17, 15) is 0 Å². The predicted octanol–water partition coefficient (Wildman–Crippen LogP) is 6.78. The quantitative estimate of drug-likeness (QED) is 0.372. The summed E-state index contributed by atoms with van der Waals surface area (Å²) in [6.07, 6.45) is 3.81. The van der Waals surface area contributed by atoms with E-state index in [1.807, 2.05) is 18.2 Å². The van der Waals surface area contributed by atoms with Crippen LogP contribution in [0, 0.1) is 0 Å². The van der Waals surface area contributed by atoms with E-state index in [2.05, 4.69) is 78.2 Å². The van der Waals surface area contributed by atoms with Gasteiger partial charge in [0.1, 0.15) is 0 Å². The molecular weight excluding hydrogens is 440 g/mol. The van der Waals surface area contributed by atoms with Gasteiger partial charge in [-0.15, -0.1) is 0 Å². The van der Waals surface area contributed by atoms with Crippen LogP contribution in [0.4, 0.5) is 0 Å². The van der Waals surface area contributed by atoms with Gasteiger partial charge in [-0.3, -0.25) is 4.99 Å². The van der Waals surface area contributed by atoms with Crippen LogP contribution in [-0.2, 0) is 0 Å². The van der Waals surface area contributed by atoms with Crippen molar-refractivity contribution in [2.24, 2.45) is 4.99 Å². The monoisotopic (exact) mass is 470 g/mol. The van der Waals surface area contributed by atoms with Gasteiger partial charge in [-0.25, -0.2) is 4.98 Å². The van der Waals surface area contributed by atoms with Crippen molar-refractivity contribution in [1.82, 2.24) is 14.8 Å². The highest BCUT2D eigenvalue weighted by Gasteiger charge is 2.19. The fourth-order valence-electron chi connectivity index (χ4n) is 4.24. The largest absolute Gasteiger partial charge is 0.372 e. The first-order valence-corrected chi connectivity index (χ1v) is 11.9. The maximum absolute atomic E-state index is 6.67. The average molecular weight is 471 g/mol. The average Bonchev–Trinajstić information content (AvgIpc) is 2.86. The molecule has 0 saturated carbocycles. The van der Waals surface area contributed by atoms with E-state index < -0.39 is 0 Å². The molecule has 34 heavy (non-hydrogen) atoms. The molecule has 0 unspecified atom stereocenters. The Morgan fingerprint density at radius 3 is 2.24 bits per heavy atom. The number of benzene rings is 2. The zero-order chi connectivity index (χ0) is 24.2. The van der Waals surface area contributed by atoms with Gasteiger partial charge in [-0.05, 0) is 48.8 Å². The second-order valence-electron chi connectivity index (χ2n) is 8.71. The summed E-state index contributed by atoms with van der Waals surface area (Å²) in [5, 5.41) is 1.65. The molecule has 2 aromatic carbocycles. The minimum absolute atomic E-state index is 0.701. The summed E-state index contributed by atoms with van der Waals surface area (Å²) in [6.45, 7) is 16.4. The molecule has 1 aliphatic heterocycles. The number of rotatable bonds is 6. The van der Waals surface area contributed by atoms with Crippen LogP contribution < -0.4 is 0 Å². The SMILES string of the molecule is C=C(C)N1CCN(C(=C)c2ccc3c(Cl)cc(-c4ccc(/C(C)=C/C=NC)cc4)nc3c2)CC1. The zero-order valence-corrected chi connectivity index (χ0v) is 20.9. The van der Waals surface area contributed by atoms with Crippen LogP contribution in [0.15, 0.2) is 78.5 Å². The van der Waals surface area contributed by atoms with Crippen molar-refractivity contribution in [3.05, 3.63) is 89.6 Å². The Balaban J connectivity index is 1.60. The summed E-state index contributed by atoms with van der Waals surface area (Å²) in [6, 6.07) is 16.6. The second kappa shape index (κ2) is 10.3. The summed E-state index contributed by atoms with van der Waals surface area (Å²) < 4.78 is 0. The first-order chi connectivity index (χ1) is 16.4. The van der Waals surface area contributed by atoms with Crippen molar-refractivity contribution in [1.29, 1.82) is 0 Å². The molecule has 1 aromatic heterocycles. The molecule has 5 heteroatoms. The third-order valence-corrected chi connectivity index (χ3v) is 6.72. The molecule has 1 fully saturated rings. The Labute approximate surface area is 207 Å². The Kier molecular flexibility index (Phi) is 7.18. The van der Waals surface area contributed by atoms with Crippen molar-refractivity contribution in [3.8, 4) is 11.3 Å². The van der Waals surface area contributed by atoms with E-state index in [-0.39, 0.29) is 0 Å². The summed E-state index contributed by atoms with van der Waals surface area (Å²) in [4.78, 5) is 13.6. The fraction of sp³-hybridized carbons (Fsp3) is 0.241. The summed E-state index contributed by atoms with van der Waals surface area (Å²) in [7, 11) is 1.77. The number of piperazine rings is 1. The highest BCUT2D eigenvalue weighted by molar-refractivity contribution is 6.35. The molecule has 174 valence electrons. The molecule has 0 spiro atoms. The first-order valence-electron chi connectivity index (χ1n) is 11.5. The predicted molar refractivity (Wildman–Crippen MR) is 147 cm³/mol. The number of pyridine rings is 1. The van der Waals surface area contributed by atoms with Gasteiger partial charge in [-0.1, -0.05) is 61.2 Å². The van der Waals surface area contributed by atoms with E-state index in [1.54, 1.807) is 13.3 Å². The number of allylic oxidation sites excluding steroid dienone is 3. The lowest BCUT2D eigenvalue weighted by Crippen LogP contribution is -2.44. The molecule has 0 aliphatic carbocycles. The topological polar surface area (TPSA) is 31.7 Å². The molecule has 1 aliphatic rings. The summed E-state index contributed by atoms with van der Waals surface area (Å²) in [5.74, 6) is 0. The van der Waals surface area contributed by atoms with Crippen LogP contribution in [0.3, 0.4) is 0 Å². The van der Waals surface area contributed by atoms with Crippen LogP contribution in [0.2, 0.25) is 5.02 Å². The fourth-order valence-corrected chi connectivity index (χ4v) is 4.50. The number of aliphatic imine (C=N–C) groups is 1. The van der Waals surface area contributed by atoms with Crippen LogP contribution in [0.25, 0.3) is 33.4 Å². The van der Waals surface area contributed by atoms with Gasteiger partial charge in [-0.2, -0.15) is 0 Å². The maximum Gasteiger partial charge on any atom is 0.0731 e. The molecule has 1 saturated heterocycles. The minimum Gasteiger partial charge on any atom is -0.372 e. The normalized spacial score (nSPS) is 14.8. The molecule has 4 rings (SSSR count). The first kappa shape index (κ1) is 23.8.